The van der Waals surface area contributed by atoms with Crippen molar-refractivity contribution in [2.24, 2.45) is 9.98 Å². The highest BCUT2D eigenvalue weighted by atomic mass is 32.2. The first-order chi connectivity index (χ1) is 11.8. The highest BCUT2D eigenvalue weighted by Gasteiger charge is 1.99. The molecule has 2 heterocycles. The molecule has 2 aromatic rings. The summed E-state index contributed by atoms with van der Waals surface area (Å²) in [6.07, 6.45) is 3.67. The lowest BCUT2D eigenvalue weighted by Crippen LogP contribution is -1.96. The monoisotopic (exact) mass is 360 g/mol. The highest BCUT2D eigenvalue weighted by Crippen LogP contribution is 2.10. The van der Waals surface area contributed by atoms with E-state index in [4.69, 9.17) is 0 Å². The summed E-state index contributed by atoms with van der Waals surface area (Å²) in [5.41, 5.74) is 2.45. The minimum Gasteiger partial charge on any atom is -0.290 e. The Bertz CT molecular complexity index is 631. The molecule has 0 amide bonds. The summed E-state index contributed by atoms with van der Waals surface area (Å²) in [5.74, 6) is 4.37. The smallest absolute Gasteiger partial charge is 0.160 e. The molecule has 6 heteroatoms. The second-order valence-corrected chi connectivity index (χ2v) is 7.77. The second-order valence-electron chi connectivity index (χ2n) is 4.98. The van der Waals surface area contributed by atoms with Crippen LogP contribution in [0.4, 0.5) is 0 Å². The van der Waals surface area contributed by atoms with Gasteiger partial charge in [-0.15, -0.1) is 0 Å². The predicted octanol–water partition coefficient (Wildman–Crippen LogP) is 3.97. The third kappa shape index (κ3) is 6.61. The lowest BCUT2D eigenvalue weighted by Gasteiger charge is -2.00. The van der Waals surface area contributed by atoms with E-state index in [0.717, 1.165) is 58.5 Å². The largest absolute Gasteiger partial charge is 0.290 e. The lowest BCUT2D eigenvalue weighted by molar-refractivity contribution is 1.14. The van der Waals surface area contributed by atoms with Crippen LogP contribution in [0.1, 0.15) is 25.2 Å². The van der Waals surface area contributed by atoms with Gasteiger partial charge in [-0.1, -0.05) is 13.8 Å². The van der Waals surface area contributed by atoms with E-state index in [1.807, 2.05) is 60.2 Å². The van der Waals surface area contributed by atoms with E-state index in [-0.39, 0.29) is 0 Å². The highest BCUT2D eigenvalue weighted by molar-refractivity contribution is 7.99. The molecule has 0 N–H and O–H groups in total. The summed E-state index contributed by atoms with van der Waals surface area (Å²) in [4.78, 5) is 18.0. The van der Waals surface area contributed by atoms with Gasteiger partial charge >= 0.3 is 0 Å². The standard InChI is InChI=1S/C18H24N4S2/c1-3-23-11-9-19-13-16-7-5-15-6-8-17(22-18(15)21-16)14-20-10-12-24-4-2/h5-8,13-14H,3-4,9-12H2,1-2H3. The molecule has 0 radical (unpaired) electrons. The SMILES string of the molecule is CCSCCN=Cc1ccc2ccc(C=NCCSCC)nc2n1. The number of aromatic nitrogens is 2. The molecule has 128 valence electrons. The molecule has 0 saturated carbocycles. The molecule has 0 aliphatic carbocycles. The molecule has 2 aromatic heterocycles. The molecule has 0 spiro atoms. The van der Waals surface area contributed by atoms with Crippen molar-refractivity contribution < 1.29 is 0 Å². The number of fused-ring (bicyclic) bond motifs is 1. The minimum atomic E-state index is 0.744. The van der Waals surface area contributed by atoms with Crippen LogP contribution in [0.5, 0.6) is 0 Å². The van der Waals surface area contributed by atoms with Gasteiger partial charge in [0, 0.05) is 42.4 Å². The summed E-state index contributed by atoms with van der Waals surface area (Å²) in [5, 5.41) is 1.03. The summed E-state index contributed by atoms with van der Waals surface area (Å²) < 4.78 is 0. The summed E-state index contributed by atoms with van der Waals surface area (Å²) in [6, 6.07) is 8.04. The third-order valence-corrected chi connectivity index (χ3v) is 4.94. The molecule has 0 fully saturated rings. The number of hydrogen-bond acceptors (Lipinski definition) is 6. The van der Waals surface area contributed by atoms with Crippen molar-refractivity contribution in [3.8, 4) is 0 Å². The van der Waals surface area contributed by atoms with Gasteiger partial charge in [-0.25, -0.2) is 9.97 Å². The van der Waals surface area contributed by atoms with Crippen molar-refractivity contribution in [2.45, 2.75) is 13.8 Å². The van der Waals surface area contributed by atoms with E-state index in [9.17, 15) is 0 Å². The van der Waals surface area contributed by atoms with Crippen LogP contribution in [0.3, 0.4) is 0 Å². The summed E-state index contributed by atoms with van der Waals surface area (Å²) >= 11 is 3.80. The van der Waals surface area contributed by atoms with E-state index in [1.165, 1.54) is 0 Å². The van der Waals surface area contributed by atoms with Crippen molar-refractivity contribution >= 4 is 47.0 Å². The molecule has 0 aromatic carbocycles. The Morgan fingerprint density at radius 1 is 0.833 bits per heavy atom. The van der Waals surface area contributed by atoms with Gasteiger partial charge in [0.05, 0.1) is 11.4 Å². The van der Waals surface area contributed by atoms with Crippen molar-refractivity contribution in [1.29, 1.82) is 0 Å². The summed E-state index contributed by atoms with van der Waals surface area (Å²) in [7, 11) is 0. The number of rotatable bonds is 10. The Labute approximate surface area is 152 Å². The number of pyridine rings is 2. The van der Waals surface area contributed by atoms with Crippen molar-refractivity contribution in [1.82, 2.24) is 9.97 Å². The van der Waals surface area contributed by atoms with Crippen molar-refractivity contribution in [3.05, 3.63) is 35.7 Å². The van der Waals surface area contributed by atoms with Crippen LogP contribution in [-0.2, 0) is 0 Å². The van der Waals surface area contributed by atoms with E-state index >= 15 is 0 Å². The molecule has 0 unspecified atom stereocenters. The maximum absolute atomic E-state index is 4.58. The van der Waals surface area contributed by atoms with E-state index in [0.29, 0.717) is 0 Å². The van der Waals surface area contributed by atoms with Crippen molar-refractivity contribution in [3.63, 3.8) is 0 Å². The number of aliphatic imine (C=N–C) groups is 2. The topological polar surface area (TPSA) is 50.5 Å². The van der Waals surface area contributed by atoms with Gasteiger partial charge in [0.1, 0.15) is 0 Å². The third-order valence-electron chi connectivity index (χ3n) is 3.18. The van der Waals surface area contributed by atoms with E-state index in [2.05, 4.69) is 33.8 Å². The molecule has 0 saturated heterocycles. The molecular formula is C18H24N4S2. The molecule has 0 aliphatic heterocycles. The average Bonchev–Trinajstić information content (AvgIpc) is 2.61. The zero-order chi connectivity index (χ0) is 17.0. The quantitative estimate of drug-likeness (QED) is 0.475. The Balaban J connectivity index is 2.01. The van der Waals surface area contributed by atoms with Gasteiger partial charge < -0.3 is 0 Å². The van der Waals surface area contributed by atoms with Crippen LogP contribution in [0.2, 0.25) is 0 Å². The molecule has 0 bridgehead atoms. The lowest BCUT2D eigenvalue weighted by atomic mass is 10.2. The minimum absolute atomic E-state index is 0.744. The average molecular weight is 361 g/mol. The van der Waals surface area contributed by atoms with E-state index < -0.39 is 0 Å². The first-order valence-electron chi connectivity index (χ1n) is 8.26. The normalized spacial score (nSPS) is 11.9. The molecular weight excluding hydrogens is 336 g/mol. The fourth-order valence-electron chi connectivity index (χ4n) is 2.01. The molecule has 24 heavy (non-hydrogen) atoms. The maximum Gasteiger partial charge on any atom is 0.160 e. The van der Waals surface area contributed by atoms with Gasteiger partial charge in [0.2, 0.25) is 0 Å². The Morgan fingerprint density at radius 2 is 1.33 bits per heavy atom. The van der Waals surface area contributed by atoms with Crippen LogP contribution in [-0.4, -0.2) is 58.5 Å². The molecule has 2 rings (SSSR count). The first kappa shape index (κ1) is 18.9. The fourth-order valence-corrected chi connectivity index (χ4v) is 3.06. The Morgan fingerprint density at radius 3 is 1.79 bits per heavy atom. The van der Waals surface area contributed by atoms with E-state index in [1.54, 1.807) is 0 Å². The predicted molar refractivity (Wildman–Crippen MR) is 110 cm³/mol. The summed E-state index contributed by atoms with van der Waals surface area (Å²) in [6.45, 7) is 5.98. The zero-order valence-electron chi connectivity index (χ0n) is 14.3. The molecule has 0 atom stereocenters. The number of thioether (sulfide) groups is 2. The van der Waals surface area contributed by atoms with Gasteiger partial charge in [-0.05, 0) is 35.8 Å². The Hall–Kier alpha value is -1.40. The van der Waals surface area contributed by atoms with Gasteiger partial charge in [-0.3, -0.25) is 9.98 Å². The first-order valence-corrected chi connectivity index (χ1v) is 10.6. The maximum atomic E-state index is 4.58. The molecule has 0 aliphatic rings. The van der Waals surface area contributed by atoms with Crippen LogP contribution in [0.25, 0.3) is 11.0 Å². The van der Waals surface area contributed by atoms with Gasteiger partial charge in [0.15, 0.2) is 5.65 Å². The number of nitrogens with zero attached hydrogens (tertiary/aromatic N) is 4. The van der Waals surface area contributed by atoms with Crippen LogP contribution < -0.4 is 0 Å². The second kappa shape index (κ2) is 11.2. The van der Waals surface area contributed by atoms with Gasteiger partial charge in [0.25, 0.3) is 0 Å². The van der Waals surface area contributed by atoms with Crippen LogP contribution in [0, 0.1) is 0 Å². The zero-order valence-corrected chi connectivity index (χ0v) is 15.9. The Kier molecular flexibility index (Phi) is 8.84. The van der Waals surface area contributed by atoms with Crippen molar-refractivity contribution in [2.75, 3.05) is 36.1 Å². The molecule has 4 nitrogen and oxygen atoms in total. The van der Waals surface area contributed by atoms with Gasteiger partial charge in [-0.2, -0.15) is 23.5 Å². The number of hydrogen-bond donors (Lipinski definition) is 0. The van der Waals surface area contributed by atoms with Crippen LogP contribution in [0.15, 0.2) is 34.3 Å². The fraction of sp³-hybridized carbons (Fsp3) is 0.444. The van der Waals surface area contributed by atoms with Crippen LogP contribution >= 0.6 is 23.5 Å².